The molecule has 54 heavy (non-hydrogen) atoms. The van der Waals surface area contributed by atoms with Gasteiger partial charge in [0.15, 0.2) is 5.78 Å². The van der Waals surface area contributed by atoms with Gasteiger partial charge in [-0.1, -0.05) is 143 Å². The van der Waals surface area contributed by atoms with E-state index in [9.17, 15) is 9.90 Å². The summed E-state index contributed by atoms with van der Waals surface area (Å²) < 4.78 is 1.25. The number of benzene rings is 3. The van der Waals surface area contributed by atoms with Gasteiger partial charge in [0, 0.05) is 59.5 Å². The molecule has 2 aromatic heterocycles. The van der Waals surface area contributed by atoms with Crippen molar-refractivity contribution in [1.29, 1.82) is 0 Å². The zero-order valence-corrected chi connectivity index (χ0v) is 38.4. The molecule has 1 N–H and O–H groups in total. The van der Waals surface area contributed by atoms with Crippen molar-refractivity contribution in [3.63, 3.8) is 0 Å². The standard InChI is InChI=1S/C36H40NS.C13H24O2.Ir/c1-34(2,3)22-23-14-16-24(17-15-23)32-30(36(7,8)9)28-18-19-37-31(33(28)38-32)26-20-25-12-10-11-13-27(25)29(21-26)35(4,5)6;1-5-10(6-2)12(14)9-13(15)11(7-3)8-4;/h10-19,21H,22H2,1-9H3;9-11,14H,5-8H2,1-4H3;/q-1;;/b;12-9-;. The van der Waals surface area contributed by atoms with E-state index in [1.807, 2.05) is 45.2 Å². The van der Waals surface area contributed by atoms with Crippen LogP contribution < -0.4 is 0 Å². The van der Waals surface area contributed by atoms with Gasteiger partial charge in [-0.3, -0.25) is 9.78 Å². The smallest absolute Gasteiger partial charge is 0.162 e. The Hall–Kier alpha value is -3.11. The Kier molecular flexibility index (Phi) is 15.7. The predicted octanol–water partition coefficient (Wildman–Crippen LogP) is 14.6. The molecule has 3 nitrogen and oxygen atoms in total. The van der Waals surface area contributed by atoms with Crippen LogP contribution in [0.3, 0.4) is 0 Å². The fraction of sp³-hybridized carbons (Fsp3) is 0.469. The van der Waals surface area contributed by atoms with Gasteiger partial charge in [-0.15, -0.1) is 40.5 Å². The minimum atomic E-state index is -0.0000429. The third-order valence-corrected chi connectivity index (χ3v) is 11.5. The molecular formula is C49H64IrNO2S-. The van der Waals surface area contributed by atoms with Gasteiger partial charge in [0.25, 0.3) is 0 Å². The largest absolute Gasteiger partial charge is 0.512 e. The second kappa shape index (κ2) is 18.7. The molecule has 0 aliphatic carbocycles. The molecule has 0 bridgehead atoms. The Bertz CT molecular complexity index is 2030. The van der Waals surface area contributed by atoms with Crippen molar-refractivity contribution in [1.82, 2.24) is 4.98 Å². The van der Waals surface area contributed by atoms with Crippen LogP contribution in [0.5, 0.6) is 0 Å². The van der Waals surface area contributed by atoms with Crippen LogP contribution in [0.1, 0.15) is 132 Å². The molecular weight excluding hydrogens is 859 g/mol. The number of thiophene rings is 1. The second-order valence-electron chi connectivity index (χ2n) is 17.9. The van der Waals surface area contributed by atoms with E-state index < -0.39 is 0 Å². The monoisotopic (exact) mass is 923 g/mol. The summed E-state index contributed by atoms with van der Waals surface area (Å²) in [6.07, 6.45) is 7.97. The number of hydrogen-bond acceptors (Lipinski definition) is 4. The maximum absolute atomic E-state index is 11.7. The van der Waals surface area contributed by atoms with E-state index in [0.29, 0.717) is 0 Å². The van der Waals surface area contributed by atoms with Gasteiger partial charge in [0.2, 0.25) is 0 Å². The van der Waals surface area contributed by atoms with Crippen LogP contribution >= 0.6 is 11.3 Å². The summed E-state index contributed by atoms with van der Waals surface area (Å²) >= 11 is 1.88. The summed E-state index contributed by atoms with van der Waals surface area (Å²) in [4.78, 5) is 18.0. The Labute approximate surface area is 344 Å². The summed E-state index contributed by atoms with van der Waals surface area (Å²) in [6.45, 7) is 28.8. The molecule has 0 atom stereocenters. The van der Waals surface area contributed by atoms with E-state index in [-0.39, 0.29) is 59.7 Å². The fourth-order valence-electron chi connectivity index (χ4n) is 7.31. The number of carbonyl (C=O) groups is 1. The molecule has 1 radical (unpaired) electrons. The van der Waals surface area contributed by atoms with E-state index in [1.54, 1.807) is 0 Å². The van der Waals surface area contributed by atoms with Gasteiger partial charge in [0.1, 0.15) is 0 Å². The number of hydrogen-bond donors (Lipinski definition) is 1. The van der Waals surface area contributed by atoms with Crippen LogP contribution in [0.25, 0.3) is 42.6 Å². The van der Waals surface area contributed by atoms with Crippen molar-refractivity contribution in [2.24, 2.45) is 17.3 Å². The fourth-order valence-corrected chi connectivity index (χ4v) is 8.82. The van der Waals surface area contributed by atoms with Gasteiger partial charge in [-0.2, -0.15) is 0 Å². The van der Waals surface area contributed by atoms with E-state index in [0.717, 1.165) is 48.7 Å². The molecule has 0 saturated carbocycles. The van der Waals surface area contributed by atoms with Gasteiger partial charge < -0.3 is 5.11 Å². The van der Waals surface area contributed by atoms with Crippen LogP contribution in [0.4, 0.5) is 0 Å². The molecule has 5 heteroatoms. The van der Waals surface area contributed by atoms with Gasteiger partial charge in [-0.05, 0) is 76.5 Å². The molecule has 2 heterocycles. The first kappa shape index (κ1) is 45.3. The summed E-state index contributed by atoms with van der Waals surface area (Å²) in [6, 6.07) is 26.1. The molecule has 0 unspecified atom stereocenters. The normalized spacial score (nSPS) is 12.6. The van der Waals surface area contributed by atoms with E-state index in [1.165, 1.54) is 48.7 Å². The summed E-state index contributed by atoms with van der Waals surface area (Å²) in [5, 5.41) is 13.5. The van der Waals surface area contributed by atoms with Gasteiger partial charge >= 0.3 is 0 Å². The second-order valence-corrected chi connectivity index (χ2v) is 18.9. The molecule has 0 saturated heterocycles. The maximum atomic E-state index is 11.7. The maximum Gasteiger partial charge on any atom is 0.162 e. The molecule has 0 spiro atoms. The van der Waals surface area contributed by atoms with E-state index >= 15 is 0 Å². The quantitative estimate of drug-likeness (QED) is 0.0862. The van der Waals surface area contributed by atoms with Crippen molar-refractivity contribution in [2.45, 2.75) is 133 Å². The predicted molar refractivity (Wildman–Crippen MR) is 231 cm³/mol. The number of aliphatic hydroxyl groups is 1. The summed E-state index contributed by atoms with van der Waals surface area (Å²) in [5.74, 6) is 0.547. The number of allylic oxidation sites excluding steroid dienone is 2. The number of aromatic nitrogens is 1. The van der Waals surface area contributed by atoms with Crippen LogP contribution in [0.15, 0.2) is 78.7 Å². The first-order valence-electron chi connectivity index (χ1n) is 19.7. The molecule has 293 valence electrons. The van der Waals surface area contributed by atoms with E-state index in [4.69, 9.17) is 4.98 Å². The Morgan fingerprint density at radius 3 is 1.93 bits per heavy atom. The molecule has 3 aromatic carbocycles. The van der Waals surface area contributed by atoms with Crippen LogP contribution in [-0.2, 0) is 42.2 Å². The molecule has 5 rings (SSSR count). The molecule has 0 aliphatic heterocycles. The number of fused-ring (bicyclic) bond motifs is 2. The Balaban J connectivity index is 0.000000418. The molecule has 0 fully saturated rings. The topological polar surface area (TPSA) is 50.2 Å². The first-order chi connectivity index (χ1) is 24.8. The van der Waals surface area contributed by atoms with E-state index in [2.05, 4.69) is 129 Å². The number of pyridine rings is 1. The number of nitrogens with zero attached hydrogens (tertiary/aromatic N) is 1. The zero-order chi connectivity index (χ0) is 39.3. The van der Waals surface area contributed by atoms with Crippen molar-refractivity contribution in [3.05, 3.63) is 101 Å². The van der Waals surface area contributed by atoms with Crippen molar-refractivity contribution < 1.29 is 30.0 Å². The number of aliphatic hydroxyl groups excluding tert-OH is 1. The van der Waals surface area contributed by atoms with Crippen molar-refractivity contribution in [3.8, 4) is 21.7 Å². The number of rotatable bonds is 10. The average molecular weight is 923 g/mol. The average Bonchev–Trinajstić information content (AvgIpc) is 3.49. The third kappa shape index (κ3) is 11.0. The molecule has 5 aromatic rings. The summed E-state index contributed by atoms with van der Waals surface area (Å²) in [5.41, 5.74) is 7.82. The first-order valence-corrected chi connectivity index (χ1v) is 20.6. The Morgan fingerprint density at radius 1 is 0.796 bits per heavy atom. The number of carbonyl (C=O) groups excluding carboxylic acids is 1. The van der Waals surface area contributed by atoms with Gasteiger partial charge in [-0.25, -0.2) is 0 Å². The van der Waals surface area contributed by atoms with Crippen molar-refractivity contribution in [2.75, 3.05) is 0 Å². The Morgan fingerprint density at radius 2 is 1.39 bits per heavy atom. The minimum Gasteiger partial charge on any atom is -0.512 e. The van der Waals surface area contributed by atoms with Crippen LogP contribution in [-0.4, -0.2) is 15.9 Å². The third-order valence-electron chi connectivity index (χ3n) is 10.2. The molecule has 0 amide bonds. The number of ketones is 1. The van der Waals surface area contributed by atoms with Crippen molar-refractivity contribution >= 4 is 38.0 Å². The molecule has 0 aliphatic rings. The summed E-state index contributed by atoms with van der Waals surface area (Å²) in [7, 11) is 0. The van der Waals surface area contributed by atoms with Gasteiger partial charge in [0.05, 0.1) is 5.76 Å². The minimum absolute atomic E-state index is 0. The zero-order valence-electron chi connectivity index (χ0n) is 35.2. The van der Waals surface area contributed by atoms with Crippen LogP contribution in [0.2, 0.25) is 0 Å². The SMILES string of the molecule is CC(C)(C)Cc1ccc(-c2sc3c(-c4[c-]c5ccccc5c(C(C)(C)C)c4)nccc3c2C(C)(C)C)cc1.CCC(CC)C(=O)/C=C(\O)C(CC)CC.[Ir]. The van der Waals surface area contributed by atoms with Crippen LogP contribution in [0, 0.1) is 23.3 Å².